The summed E-state index contributed by atoms with van der Waals surface area (Å²) in [6.07, 6.45) is 12.6. The van der Waals surface area contributed by atoms with E-state index in [4.69, 9.17) is 4.42 Å². The van der Waals surface area contributed by atoms with Gasteiger partial charge in [-0.15, -0.1) is 0 Å². The molecular weight excluding hydrogens is 424 g/mol. The van der Waals surface area contributed by atoms with Gasteiger partial charge in [-0.05, 0) is 43.0 Å². The Hall–Kier alpha value is -3.34. The van der Waals surface area contributed by atoms with E-state index in [0.29, 0.717) is 11.4 Å². The Balaban J connectivity index is 1.17. The summed E-state index contributed by atoms with van der Waals surface area (Å²) in [7, 11) is 0. The highest BCUT2D eigenvalue weighted by molar-refractivity contribution is 6.09. The Bertz CT molecular complexity index is 983. The maximum Gasteiger partial charge on any atom is 0.293 e. The lowest BCUT2D eigenvalue weighted by Crippen LogP contribution is -2.30. The summed E-state index contributed by atoms with van der Waals surface area (Å²) < 4.78 is 5.53. The number of aryl methyl sites for hydroxylation is 1. The Morgan fingerprint density at radius 1 is 0.618 bits per heavy atom. The third kappa shape index (κ3) is 9.26. The van der Waals surface area contributed by atoms with Gasteiger partial charge < -0.3 is 9.73 Å². The van der Waals surface area contributed by atoms with Crippen LogP contribution in [0.15, 0.2) is 77.2 Å². The summed E-state index contributed by atoms with van der Waals surface area (Å²) >= 11 is 0. The molecule has 0 spiro atoms. The van der Waals surface area contributed by atoms with Gasteiger partial charge in [-0.25, -0.2) is 0 Å². The number of nitrogens with one attached hydrogen (secondary N) is 2. The molecule has 2 amide bonds. The highest BCUT2D eigenvalue weighted by Crippen LogP contribution is 2.15. The molecule has 0 radical (unpaired) electrons. The number of benzene rings is 2. The van der Waals surface area contributed by atoms with Crippen molar-refractivity contribution in [3.63, 3.8) is 0 Å². The molecule has 3 rings (SSSR count). The SMILES string of the molecule is O=C(NC(=O)c1ccc(NCCCCCCCCCCCc2ccccc2)o1)c1ccccc1. The number of carbonyl (C=O) groups is 2. The van der Waals surface area contributed by atoms with Crippen LogP contribution in [0.3, 0.4) is 0 Å². The molecule has 0 aliphatic rings. The Morgan fingerprint density at radius 2 is 1.21 bits per heavy atom. The van der Waals surface area contributed by atoms with Crippen molar-refractivity contribution in [3.8, 4) is 0 Å². The van der Waals surface area contributed by atoms with E-state index < -0.39 is 11.8 Å². The molecule has 0 atom stereocenters. The maximum absolute atomic E-state index is 12.2. The third-order valence-corrected chi connectivity index (χ3v) is 5.88. The van der Waals surface area contributed by atoms with Crippen molar-refractivity contribution in [2.45, 2.75) is 64.2 Å². The molecule has 34 heavy (non-hydrogen) atoms. The number of furan rings is 1. The van der Waals surface area contributed by atoms with Crippen molar-refractivity contribution in [2.75, 3.05) is 11.9 Å². The number of anilines is 1. The number of hydrogen-bond acceptors (Lipinski definition) is 4. The molecule has 3 aromatic rings. The van der Waals surface area contributed by atoms with Gasteiger partial charge in [-0.1, -0.05) is 93.5 Å². The predicted octanol–water partition coefficient (Wildman–Crippen LogP) is 7.02. The molecule has 0 saturated heterocycles. The lowest BCUT2D eigenvalue weighted by molar-refractivity contribution is 0.0833. The highest BCUT2D eigenvalue weighted by atomic mass is 16.4. The van der Waals surface area contributed by atoms with Gasteiger partial charge in [0.15, 0.2) is 11.6 Å². The number of hydrogen-bond donors (Lipinski definition) is 2. The van der Waals surface area contributed by atoms with Gasteiger partial charge in [0.2, 0.25) is 0 Å². The molecule has 0 unspecified atom stereocenters. The van der Waals surface area contributed by atoms with Crippen LogP contribution in [-0.4, -0.2) is 18.4 Å². The molecule has 180 valence electrons. The van der Waals surface area contributed by atoms with Crippen LogP contribution in [0.25, 0.3) is 0 Å². The zero-order valence-electron chi connectivity index (χ0n) is 19.9. The summed E-state index contributed by atoms with van der Waals surface area (Å²) in [5.41, 5.74) is 1.88. The fraction of sp³-hybridized carbons (Fsp3) is 0.379. The molecular formula is C29H36N2O3. The van der Waals surface area contributed by atoms with Crippen molar-refractivity contribution in [1.29, 1.82) is 0 Å². The predicted molar refractivity (Wildman–Crippen MR) is 137 cm³/mol. The van der Waals surface area contributed by atoms with Crippen LogP contribution in [0.1, 0.15) is 84.3 Å². The number of rotatable bonds is 15. The van der Waals surface area contributed by atoms with Crippen molar-refractivity contribution in [2.24, 2.45) is 0 Å². The maximum atomic E-state index is 12.2. The summed E-state index contributed by atoms with van der Waals surface area (Å²) in [4.78, 5) is 24.3. The van der Waals surface area contributed by atoms with Crippen LogP contribution >= 0.6 is 0 Å². The molecule has 1 aromatic heterocycles. The van der Waals surface area contributed by atoms with Gasteiger partial charge in [0.05, 0.1) is 0 Å². The molecule has 0 aliphatic carbocycles. The van der Waals surface area contributed by atoms with Crippen molar-refractivity contribution in [1.82, 2.24) is 5.32 Å². The first-order valence-corrected chi connectivity index (χ1v) is 12.5. The lowest BCUT2D eigenvalue weighted by Gasteiger charge is -2.05. The summed E-state index contributed by atoms with van der Waals surface area (Å²) in [5, 5.41) is 5.56. The Labute approximate surface area is 203 Å². The second-order valence-electron chi connectivity index (χ2n) is 8.66. The van der Waals surface area contributed by atoms with Gasteiger partial charge in [0.1, 0.15) is 0 Å². The van der Waals surface area contributed by atoms with E-state index >= 15 is 0 Å². The molecule has 2 N–H and O–H groups in total. The largest absolute Gasteiger partial charge is 0.436 e. The smallest absolute Gasteiger partial charge is 0.293 e. The zero-order chi connectivity index (χ0) is 23.8. The first-order chi connectivity index (χ1) is 16.7. The minimum absolute atomic E-state index is 0.121. The quantitative estimate of drug-likeness (QED) is 0.189. The molecule has 0 aliphatic heterocycles. The average molecular weight is 461 g/mol. The van der Waals surface area contributed by atoms with Crippen LogP contribution in [0.4, 0.5) is 5.88 Å². The van der Waals surface area contributed by atoms with E-state index in [2.05, 4.69) is 41.0 Å². The number of imide groups is 1. The van der Waals surface area contributed by atoms with E-state index in [9.17, 15) is 9.59 Å². The zero-order valence-corrected chi connectivity index (χ0v) is 19.9. The first-order valence-electron chi connectivity index (χ1n) is 12.5. The number of unbranched alkanes of at least 4 members (excludes halogenated alkanes) is 8. The van der Waals surface area contributed by atoms with E-state index in [1.54, 1.807) is 36.4 Å². The average Bonchev–Trinajstić information content (AvgIpc) is 3.35. The van der Waals surface area contributed by atoms with Gasteiger partial charge >= 0.3 is 0 Å². The van der Waals surface area contributed by atoms with Gasteiger partial charge in [-0.3, -0.25) is 14.9 Å². The normalized spacial score (nSPS) is 10.7. The molecule has 5 nitrogen and oxygen atoms in total. The van der Waals surface area contributed by atoms with Gasteiger partial charge in [-0.2, -0.15) is 0 Å². The second-order valence-corrected chi connectivity index (χ2v) is 8.66. The standard InChI is InChI=1S/C29H36N2O3/c32-28(25-19-13-9-14-20-25)31-29(33)26-21-22-27(34-26)30-23-15-7-5-3-1-2-4-6-10-16-24-17-11-8-12-18-24/h8-9,11-14,17-22,30H,1-7,10,15-16,23H2,(H,31,32,33). The molecule has 5 heteroatoms. The fourth-order valence-electron chi connectivity index (χ4n) is 3.93. The molecule has 0 saturated carbocycles. The Kier molecular flexibility index (Phi) is 11.0. The van der Waals surface area contributed by atoms with E-state index in [1.165, 1.54) is 63.4 Å². The summed E-state index contributed by atoms with van der Waals surface area (Å²) in [5.74, 6) is -0.311. The monoisotopic (exact) mass is 460 g/mol. The minimum Gasteiger partial charge on any atom is -0.436 e. The van der Waals surface area contributed by atoms with Gasteiger partial charge in [0, 0.05) is 18.2 Å². The molecule has 2 aromatic carbocycles. The fourth-order valence-corrected chi connectivity index (χ4v) is 3.93. The number of amides is 2. The second kappa shape index (κ2) is 14.7. The first kappa shape index (κ1) is 25.3. The highest BCUT2D eigenvalue weighted by Gasteiger charge is 2.15. The number of carbonyl (C=O) groups excluding carboxylic acids is 2. The molecule has 0 fully saturated rings. The third-order valence-electron chi connectivity index (χ3n) is 5.88. The molecule has 0 bridgehead atoms. The molecule has 1 heterocycles. The van der Waals surface area contributed by atoms with Crippen LogP contribution in [-0.2, 0) is 6.42 Å². The van der Waals surface area contributed by atoms with Crippen LogP contribution in [0.5, 0.6) is 0 Å². The van der Waals surface area contributed by atoms with Crippen LogP contribution in [0.2, 0.25) is 0 Å². The van der Waals surface area contributed by atoms with Crippen LogP contribution < -0.4 is 10.6 Å². The Morgan fingerprint density at radius 3 is 1.88 bits per heavy atom. The van der Waals surface area contributed by atoms with Crippen LogP contribution in [0, 0.1) is 0 Å². The lowest BCUT2D eigenvalue weighted by atomic mass is 10.0. The van der Waals surface area contributed by atoms with Crippen molar-refractivity contribution >= 4 is 17.7 Å². The van der Waals surface area contributed by atoms with E-state index in [-0.39, 0.29) is 5.76 Å². The minimum atomic E-state index is -0.540. The summed E-state index contributed by atoms with van der Waals surface area (Å²) in [6, 6.07) is 22.7. The van der Waals surface area contributed by atoms with Crippen molar-refractivity contribution < 1.29 is 14.0 Å². The van der Waals surface area contributed by atoms with E-state index in [0.717, 1.165) is 13.0 Å². The van der Waals surface area contributed by atoms with Gasteiger partial charge in [0.25, 0.3) is 11.8 Å². The van der Waals surface area contributed by atoms with E-state index in [1.807, 2.05) is 6.07 Å². The topological polar surface area (TPSA) is 71.3 Å². The van der Waals surface area contributed by atoms with Crippen molar-refractivity contribution in [3.05, 3.63) is 89.7 Å². The summed E-state index contributed by atoms with van der Waals surface area (Å²) in [6.45, 7) is 0.803.